The first-order valence-electron chi connectivity index (χ1n) is 10.8. The summed E-state index contributed by atoms with van der Waals surface area (Å²) in [7, 11) is 2.74. The van der Waals surface area contributed by atoms with Crippen LogP contribution in [0.2, 0.25) is 18.1 Å². The van der Waals surface area contributed by atoms with Crippen LogP contribution in [-0.4, -0.2) is 41.7 Å². The van der Waals surface area contributed by atoms with Crippen molar-refractivity contribution in [2.24, 2.45) is 0 Å². The van der Waals surface area contributed by atoms with Gasteiger partial charge in [0.25, 0.3) is 0 Å². The molecule has 176 valence electrons. The van der Waals surface area contributed by atoms with Crippen LogP contribution in [0.4, 0.5) is 0 Å². The Morgan fingerprint density at radius 1 is 0.969 bits per heavy atom. The summed E-state index contributed by atoms with van der Waals surface area (Å²) in [6, 6.07) is 13.1. The zero-order chi connectivity index (χ0) is 23.9. The van der Waals surface area contributed by atoms with Crippen molar-refractivity contribution < 1.29 is 23.4 Å². The lowest BCUT2D eigenvalue weighted by Crippen LogP contribution is -2.43. The lowest BCUT2D eigenvalue weighted by molar-refractivity contribution is -0.143. The minimum Gasteiger partial charge on any atom is -0.544 e. The molecule has 0 aliphatic carbocycles. The fraction of sp³-hybridized carbons (Fsp3) is 0.480. The topological polar surface area (TPSA) is 66.0 Å². The van der Waals surface area contributed by atoms with E-state index in [1.807, 2.05) is 42.5 Å². The highest BCUT2D eigenvalue weighted by Gasteiger charge is 2.38. The second-order valence-electron chi connectivity index (χ2n) is 9.34. The Morgan fingerprint density at radius 2 is 1.59 bits per heavy atom. The fourth-order valence-corrected chi connectivity index (χ4v) is 4.02. The molecule has 2 rings (SSSR count). The molecular formula is C25H37NO5Si. The highest BCUT2D eigenvalue weighted by atomic mass is 28.4. The van der Waals surface area contributed by atoms with E-state index in [-0.39, 0.29) is 11.0 Å². The molecule has 32 heavy (non-hydrogen) atoms. The Kier molecular flexibility index (Phi) is 8.75. The van der Waals surface area contributed by atoms with Crippen LogP contribution in [0.1, 0.15) is 31.9 Å². The molecule has 0 unspecified atom stereocenters. The molecule has 0 saturated carbocycles. The van der Waals surface area contributed by atoms with Crippen LogP contribution in [-0.2, 0) is 22.5 Å². The monoisotopic (exact) mass is 459 g/mol. The summed E-state index contributed by atoms with van der Waals surface area (Å²) in [6.45, 7) is 11.6. The molecule has 2 aromatic carbocycles. The van der Waals surface area contributed by atoms with E-state index in [9.17, 15) is 4.79 Å². The van der Waals surface area contributed by atoms with Gasteiger partial charge in [-0.1, -0.05) is 39.0 Å². The van der Waals surface area contributed by atoms with Gasteiger partial charge in [-0.2, -0.15) is 0 Å². The molecule has 6 nitrogen and oxygen atoms in total. The van der Waals surface area contributed by atoms with E-state index in [2.05, 4.69) is 39.2 Å². The van der Waals surface area contributed by atoms with Crippen molar-refractivity contribution in [3.05, 3.63) is 53.6 Å². The van der Waals surface area contributed by atoms with E-state index in [0.717, 1.165) is 22.6 Å². The largest absolute Gasteiger partial charge is 0.544 e. The lowest BCUT2D eigenvalue weighted by Gasteiger charge is -2.36. The first kappa shape index (κ1) is 25.7. The van der Waals surface area contributed by atoms with Crippen molar-refractivity contribution in [2.75, 3.05) is 21.3 Å². The highest BCUT2D eigenvalue weighted by Crippen LogP contribution is 2.37. The van der Waals surface area contributed by atoms with Gasteiger partial charge in [-0.25, -0.2) is 0 Å². The van der Waals surface area contributed by atoms with Crippen LogP contribution < -0.4 is 19.2 Å². The van der Waals surface area contributed by atoms with Crippen molar-refractivity contribution in [3.8, 4) is 17.2 Å². The Balaban J connectivity index is 2.09. The van der Waals surface area contributed by atoms with Crippen LogP contribution in [0.25, 0.3) is 0 Å². The van der Waals surface area contributed by atoms with Crippen molar-refractivity contribution in [1.82, 2.24) is 5.32 Å². The number of benzene rings is 2. The number of nitrogens with one attached hydrogen (secondary N) is 1. The average Bonchev–Trinajstić information content (AvgIpc) is 2.76. The lowest BCUT2D eigenvalue weighted by atomic mass is 10.1. The van der Waals surface area contributed by atoms with Gasteiger partial charge in [0.05, 0.1) is 21.3 Å². The van der Waals surface area contributed by atoms with E-state index < -0.39 is 14.4 Å². The van der Waals surface area contributed by atoms with E-state index in [1.54, 1.807) is 14.2 Å². The predicted molar refractivity (Wildman–Crippen MR) is 130 cm³/mol. The van der Waals surface area contributed by atoms with Crippen molar-refractivity contribution >= 4 is 14.3 Å². The third-order valence-electron chi connectivity index (χ3n) is 6.06. The minimum atomic E-state index is -1.89. The second kappa shape index (κ2) is 10.9. The summed E-state index contributed by atoms with van der Waals surface area (Å²) in [4.78, 5) is 12.4. The summed E-state index contributed by atoms with van der Waals surface area (Å²) in [5.74, 6) is 1.98. The van der Waals surface area contributed by atoms with Crippen molar-refractivity contribution in [2.45, 2.75) is 57.9 Å². The first-order chi connectivity index (χ1) is 15.0. The molecule has 0 spiro atoms. The zero-order valence-electron chi connectivity index (χ0n) is 20.6. The summed E-state index contributed by atoms with van der Waals surface area (Å²) in [6.07, 6.45) is 0.505. The molecular weight excluding hydrogens is 422 g/mol. The molecule has 0 fully saturated rings. The molecule has 0 amide bonds. The second-order valence-corrected chi connectivity index (χ2v) is 14.1. The van der Waals surface area contributed by atoms with Gasteiger partial charge in [0.2, 0.25) is 8.32 Å². The van der Waals surface area contributed by atoms with Gasteiger partial charge in [-0.05, 0) is 48.3 Å². The summed E-state index contributed by atoms with van der Waals surface area (Å²) >= 11 is 0. The number of esters is 1. The van der Waals surface area contributed by atoms with Gasteiger partial charge in [0, 0.05) is 18.2 Å². The first-order valence-corrected chi connectivity index (χ1v) is 13.7. The standard InChI is InChI=1S/C25H37NO5Si/c1-25(2,3)32(7,8)31-20-12-9-18(10-13-20)15-22(24(27)30-6)26-17-19-11-14-21(28-4)16-23(19)29-5/h9-14,16,22,26H,15,17H2,1-8H3/t22-/m0/s1. The third-order valence-corrected chi connectivity index (χ3v) is 10.4. The molecule has 0 aromatic heterocycles. The molecule has 1 N–H and O–H groups in total. The number of methoxy groups -OCH3 is 3. The number of carbonyl (C=O) groups excluding carboxylic acids is 1. The zero-order valence-corrected chi connectivity index (χ0v) is 21.6. The van der Waals surface area contributed by atoms with E-state index in [1.165, 1.54) is 7.11 Å². The van der Waals surface area contributed by atoms with Crippen LogP contribution in [0.5, 0.6) is 17.2 Å². The number of rotatable bonds is 10. The maximum atomic E-state index is 12.4. The summed E-state index contributed by atoms with van der Waals surface area (Å²) in [5, 5.41) is 3.43. The van der Waals surface area contributed by atoms with Crippen molar-refractivity contribution in [3.63, 3.8) is 0 Å². The van der Waals surface area contributed by atoms with Crippen LogP contribution in [0.3, 0.4) is 0 Å². The third kappa shape index (κ3) is 6.74. The van der Waals surface area contributed by atoms with Gasteiger partial charge < -0.3 is 18.6 Å². The maximum Gasteiger partial charge on any atom is 0.323 e. The molecule has 2 aromatic rings. The molecule has 0 saturated heterocycles. The number of carbonyl (C=O) groups is 1. The molecule has 7 heteroatoms. The normalized spacial score (nSPS) is 12.8. The number of hydrogen-bond acceptors (Lipinski definition) is 6. The van der Waals surface area contributed by atoms with Gasteiger partial charge >= 0.3 is 5.97 Å². The van der Waals surface area contributed by atoms with E-state index in [4.69, 9.17) is 18.6 Å². The van der Waals surface area contributed by atoms with Crippen LogP contribution in [0, 0.1) is 0 Å². The predicted octanol–water partition coefficient (Wildman–Crippen LogP) is 4.96. The molecule has 0 aliphatic heterocycles. The number of ether oxygens (including phenoxy) is 3. The van der Waals surface area contributed by atoms with Crippen LogP contribution >= 0.6 is 0 Å². The molecule has 0 aliphatic rings. The minimum absolute atomic E-state index is 0.133. The smallest absolute Gasteiger partial charge is 0.323 e. The molecule has 0 heterocycles. The number of hydrogen-bond donors (Lipinski definition) is 1. The Morgan fingerprint density at radius 3 is 2.12 bits per heavy atom. The van der Waals surface area contributed by atoms with Gasteiger partial charge in [0.1, 0.15) is 23.3 Å². The summed E-state index contributed by atoms with van der Waals surface area (Å²) in [5.41, 5.74) is 1.96. The Labute approximate surface area is 193 Å². The van der Waals surface area contributed by atoms with Gasteiger partial charge in [-0.3, -0.25) is 10.1 Å². The molecule has 0 radical (unpaired) electrons. The van der Waals surface area contributed by atoms with E-state index in [0.29, 0.717) is 18.7 Å². The molecule has 0 bridgehead atoms. The van der Waals surface area contributed by atoms with Gasteiger partial charge in [0.15, 0.2) is 0 Å². The van der Waals surface area contributed by atoms with Crippen LogP contribution in [0.15, 0.2) is 42.5 Å². The Bertz CT molecular complexity index is 890. The van der Waals surface area contributed by atoms with Crippen molar-refractivity contribution in [1.29, 1.82) is 0 Å². The SMILES string of the molecule is COC(=O)[C@H](Cc1ccc(O[Si](C)(C)C(C)(C)C)cc1)NCc1ccc(OC)cc1OC. The average molecular weight is 460 g/mol. The Hall–Kier alpha value is -2.51. The highest BCUT2D eigenvalue weighted by molar-refractivity contribution is 6.74. The molecule has 1 atom stereocenters. The summed E-state index contributed by atoms with van der Waals surface area (Å²) < 4.78 is 22.1. The quantitative estimate of drug-likeness (QED) is 0.400. The maximum absolute atomic E-state index is 12.4. The van der Waals surface area contributed by atoms with E-state index >= 15 is 0 Å². The fourth-order valence-electron chi connectivity index (χ4n) is 2.99. The van der Waals surface area contributed by atoms with Gasteiger partial charge in [-0.15, -0.1) is 0 Å².